The van der Waals surface area contributed by atoms with Crippen LogP contribution < -0.4 is 9.83 Å². The Kier molecular flexibility index (Phi) is 4.75. The van der Waals surface area contributed by atoms with Crippen LogP contribution in [0.1, 0.15) is 41.5 Å². The number of benzene rings is 1. The van der Waals surface area contributed by atoms with Gasteiger partial charge < -0.3 is 15.0 Å². The molecule has 0 atom stereocenters. The van der Waals surface area contributed by atoms with Crippen LogP contribution in [0.15, 0.2) is 23.1 Å². The Labute approximate surface area is 122 Å². The molecule has 0 aliphatic carbocycles. The van der Waals surface area contributed by atoms with Crippen molar-refractivity contribution in [2.24, 2.45) is 5.41 Å². The minimum absolute atomic E-state index is 0.118. The molecule has 0 bridgehead atoms. The highest BCUT2D eigenvalue weighted by atomic mass is 32.2. The number of carbonyl (C=O) groups is 2. The van der Waals surface area contributed by atoms with E-state index in [0.717, 1.165) is 18.2 Å². The second kappa shape index (κ2) is 5.82. The molecule has 0 spiro atoms. The Hall–Kier alpha value is -1.93. The zero-order valence-electron chi connectivity index (χ0n) is 11.8. The molecular formula is C13H16NO6S-. The van der Waals surface area contributed by atoms with E-state index in [4.69, 9.17) is 5.11 Å². The number of rotatable bonds is 5. The zero-order valence-corrected chi connectivity index (χ0v) is 12.7. The number of hydrogen-bond acceptors (Lipinski definition) is 5. The topological polar surface area (TPSA) is 124 Å². The number of nitrogens with one attached hydrogen (secondary N) is 1. The van der Waals surface area contributed by atoms with E-state index in [9.17, 15) is 23.1 Å². The van der Waals surface area contributed by atoms with Gasteiger partial charge in [0, 0.05) is 6.54 Å². The molecule has 8 heteroatoms. The molecule has 0 amide bonds. The summed E-state index contributed by atoms with van der Waals surface area (Å²) in [5.74, 6) is -3.07. The number of sulfonamides is 1. The number of aromatic carboxylic acids is 2. The van der Waals surface area contributed by atoms with E-state index in [0.29, 0.717) is 0 Å². The van der Waals surface area contributed by atoms with Crippen LogP contribution in [-0.4, -0.2) is 32.0 Å². The number of carboxylic acids is 2. The van der Waals surface area contributed by atoms with Gasteiger partial charge in [-0.1, -0.05) is 20.8 Å². The monoisotopic (exact) mass is 314 g/mol. The molecule has 21 heavy (non-hydrogen) atoms. The third-order valence-electron chi connectivity index (χ3n) is 2.49. The summed E-state index contributed by atoms with van der Waals surface area (Å²) < 4.78 is 26.5. The number of carboxylic acid groups (broad SMARTS) is 2. The quantitative estimate of drug-likeness (QED) is 0.793. The molecule has 1 aromatic carbocycles. The van der Waals surface area contributed by atoms with Gasteiger partial charge in [0.25, 0.3) is 0 Å². The fourth-order valence-corrected chi connectivity index (χ4v) is 2.74. The van der Waals surface area contributed by atoms with Gasteiger partial charge in [0.1, 0.15) is 0 Å². The van der Waals surface area contributed by atoms with Gasteiger partial charge in [-0.2, -0.15) is 0 Å². The van der Waals surface area contributed by atoms with Gasteiger partial charge in [-0.25, -0.2) is 17.9 Å². The van der Waals surface area contributed by atoms with Crippen molar-refractivity contribution in [1.29, 1.82) is 0 Å². The van der Waals surface area contributed by atoms with Crippen LogP contribution in [0.2, 0.25) is 0 Å². The number of carbonyl (C=O) groups excluding carboxylic acids is 1. The van der Waals surface area contributed by atoms with E-state index in [1.54, 1.807) is 0 Å². The van der Waals surface area contributed by atoms with Crippen molar-refractivity contribution >= 4 is 22.0 Å². The summed E-state index contributed by atoms with van der Waals surface area (Å²) in [7, 11) is -4.01. The van der Waals surface area contributed by atoms with E-state index >= 15 is 0 Å². The Morgan fingerprint density at radius 2 is 1.71 bits per heavy atom. The molecule has 0 fully saturated rings. The Balaban J connectivity index is 3.28. The maximum absolute atomic E-state index is 12.1. The Morgan fingerprint density at radius 1 is 1.19 bits per heavy atom. The summed E-state index contributed by atoms with van der Waals surface area (Å²) in [6.45, 7) is 5.56. The third kappa shape index (κ3) is 4.83. The average Bonchev–Trinajstić information content (AvgIpc) is 2.35. The largest absolute Gasteiger partial charge is 0.545 e. The van der Waals surface area contributed by atoms with Crippen molar-refractivity contribution < 1.29 is 28.2 Å². The molecule has 0 aliphatic rings. The highest BCUT2D eigenvalue weighted by Crippen LogP contribution is 2.17. The smallest absolute Gasteiger partial charge is 0.335 e. The lowest BCUT2D eigenvalue weighted by molar-refractivity contribution is -0.255. The fourth-order valence-electron chi connectivity index (χ4n) is 1.39. The number of hydrogen-bond donors (Lipinski definition) is 2. The third-order valence-corrected chi connectivity index (χ3v) is 3.87. The lowest BCUT2D eigenvalue weighted by Gasteiger charge is -2.19. The van der Waals surface area contributed by atoms with E-state index in [1.807, 2.05) is 20.8 Å². The predicted molar refractivity (Wildman–Crippen MR) is 72.4 cm³/mol. The minimum Gasteiger partial charge on any atom is -0.545 e. The van der Waals surface area contributed by atoms with E-state index in [2.05, 4.69) is 4.72 Å². The Bertz CT molecular complexity index is 640. The molecule has 2 N–H and O–H groups in total. The molecule has 0 heterocycles. The highest BCUT2D eigenvalue weighted by molar-refractivity contribution is 7.89. The molecule has 0 saturated heterocycles. The van der Waals surface area contributed by atoms with Crippen molar-refractivity contribution in [2.75, 3.05) is 6.54 Å². The lowest BCUT2D eigenvalue weighted by Crippen LogP contribution is -2.32. The van der Waals surface area contributed by atoms with E-state index in [-0.39, 0.29) is 12.0 Å². The molecule has 0 radical (unpaired) electrons. The van der Waals surface area contributed by atoms with E-state index in [1.165, 1.54) is 0 Å². The zero-order chi connectivity index (χ0) is 16.4. The summed E-state index contributed by atoms with van der Waals surface area (Å²) in [6.07, 6.45) is 0. The van der Waals surface area contributed by atoms with Crippen molar-refractivity contribution in [2.45, 2.75) is 25.7 Å². The van der Waals surface area contributed by atoms with Crippen LogP contribution in [0.3, 0.4) is 0 Å². The molecule has 1 rings (SSSR count). The minimum atomic E-state index is -4.01. The van der Waals surface area contributed by atoms with Gasteiger partial charge in [0.05, 0.1) is 16.4 Å². The van der Waals surface area contributed by atoms with Gasteiger partial charge in [0.15, 0.2) is 0 Å². The van der Waals surface area contributed by atoms with Gasteiger partial charge in [0.2, 0.25) is 10.0 Å². The van der Waals surface area contributed by atoms with Crippen molar-refractivity contribution in [3.8, 4) is 0 Å². The first-order valence-electron chi connectivity index (χ1n) is 6.02. The summed E-state index contributed by atoms with van der Waals surface area (Å²) in [4.78, 5) is 21.4. The lowest BCUT2D eigenvalue weighted by atomic mass is 9.98. The molecule has 0 aliphatic heterocycles. The average molecular weight is 314 g/mol. The second-order valence-corrected chi connectivity index (χ2v) is 7.49. The van der Waals surface area contributed by atoms with Crippen molar-refractivity contribution in [3.05, 3.63) is 29.3 Å². The fraction of sp³-hybridized carbons (Fsp3) is 0.385. The standard InChI is InChI=1S/C13H17NO6S/c1-13(2,3)7-14-21(19,20)10-5-8(11(15)16)4-9(6-10)12(17)18/h4-6,14H,7H2,1-3H3,(H,15,16)(H,17,18)/p-1. The van der Waals surface area contributed by atoms with Crippen molar-refractivity contribution in [1.82, 2.24) is 4.72 Å². The SMILES string of the molecule is CC(C)(C)CNS(=O)(=O)c1cc(C(=O)[O-])cc(C(=O)O)c1. The Morgan fingerprint density at radius 3 is 2.14 bits per heavy atom. The molecular weight excluding hydrogens is 298 g/mol. The molecule has 1 aromatic rings. The van der Waals surface area contributed by atoms with Crippen LogP contribution in [0, 0.1) is 5.41 Å². The van der Waals surface area contributed by atoms with Crippen LogP contribution in [-0.2, 0) is 10.0 Å². The van der Waals surface area contributed by atoms with Crippen LogP contribution in [0.25, 0.3) is 0 Å². The van der Waals surface area contributed by atoms with Gasteiger partial charge in [-0.15, -0.1) is 0 Å². The van der Waals surface area contributed by atoms with E-state index < -0.39 is 38.0 Å². The maximum Gasteiger partial charge on any atom is 0.335 e. The summed E-state index contributed by atoms with van der Waals surface area (Å²) in [5, 5.41) is 19.8. The molecule has 0 aromatic heterocycles. The predicted octanol–water partition coefficient (Wildman–Crippen LogP) is 0.0727. The van der Waals surface area contributed by atoms with Gasteiger partial charge in [-0.05, 0) is 29.2 Å². The molecule has 7 nitrogen and oxygen atoms in total. The second-order valence-electron chi connectivity index (χ2n) is 5.72. The van der Waals surface area contributed by atoms with Crippen LogP contribution >= 0.6 is 0 Å². The van der Waals surface area contributed by atoms with Crippen LogP contribution in [0.5, 0.6) is 0 Å². The first-order chi connectivity index (χ1) is 9.42. The van der Waals surface area contributed by atoms with Gasteiger partial charge in [-0.3, -0.25) is 0 Å². The van der Waals surface area contributed by atoms with Crippen molar-refractivity contribution in [3.63, 3.8) is 0 Å². The summed E-state index contributed by atoms with van der Waals surface area (Å²) in [5.41, 5.74) is -1.27. The molecule has 116 valence electrons. The molecule has 0 saturated carbocycles. The summed E-state index contributed by atoms with van der Waals surface area (Å²) in [6, 6.07) is 2.62. The summed E-state index contributed by atoms with van der Waals surface area (Å²) >= 11 is 0. The normalized spacial score (nSPS) is 12.1. The molecule has 0 unspecified atom stereocenters. The van der Waals surface area contributed by atoms with Gasteiger partial charge >= 0.3 is 5.97 Å². The first-order valence-corrected chi connectivity index (χ1v) is 7.50. The first kappa shape index (κ1) is 17.1. The highest BCUT2D eigenvalue weighted by Gasteiger charge is 2.21. The maximum atomic E-state index is 12.1. The van der Waals surface area contributed by atoms with Crippen LogP contribution in [0.4, 0.5) is 0 Å².